The van der Waals surface area contributed by atoms with Crippen LogP contribution in [0.1, 0.15) is 18.4 Å². The summed E-state index contributed by atoms with van der Waals surface area (Å²) in [6, 6.07) is 6.72. The molecule has 1 aromatic carbocycles. The Balaban J connectivity index is 2.06. The predicted octanol–water partition coefficient (Wildman–Crippen LogP) is 2.88. The van der Waals surface area contributed by atoms with Crippen molar-refractivity contribution in [2.75, 3.05) is 22.6 Å². The zero-order valence-corrected chi connectivity index (χ0v) is 9.94. The molecule has 1 heterocycles. The lowest BCUT2D eigenvalue weighted by Gasteiger charge is -2.24. The van der Waals surface area contributed by atoms with E-state index in [1.54, 1.807) is 0 Å². The van der Waals surface area contributed by atoms with Crippen LogP contribution in [0.2, 0.25) is 0 Å². The molecule has 2 rings (SSSR count). The third-order valence-corrected chi connectivity index (χ3v) is 4.01. The number of rotatable bonds is 2. The zero-order chi connectivity index (χ0) is 10.7. The third kappa shape index (κ3) is 2.59. The summed E-state index contributed by atoms with van der Waals surface area (Å²) < 4.78 is 0. The van der Waals surface area contributed by atoms with Gasteiger partial charge in [0.1, 0.15) is 0 Å². The fourth-order valence-corrected chi connectivity index (χ4v) is 2.98. The fourth-order valence-electron chi connectivity index (χ4n) is 1.87. The predicted molar refractivity (Wildman–Crippen MR) is 69.6 cm³/mol. The number of nitrogen functional groups attached to an aromatic ring is 1. The van der Waals surface area contributed by atoms with Crippen LogP contribution >= 0.6 is 11.8 Å². The van der Waals surface area contributed by atoms with Crippen LogP contribution in [0, 0.1) is 6.92 Å². The van der Waals surface area contributed by atoms with E-state index in [1.165, 1.54) is 35.6 Å². The van der Waals surface area contributed by atoms with E-state index in [4.69, 9.17) is 5.73 Å². The Kier molecular flexibility index (Phi) is 3.41. The molecule has 0 atom stereocenters. The summed E-state index contributed by atoms with van der Waals surface area (Å²) in [6.45, 7) is 2.08. The molecule has 1 aliphatic heterocycles. The molecule has 1 fully saturated rings. The molecule has 0 aromatic heterocycles. The smallest absolute Gasteiger partial charge is 0.0392 e. The number of anilines is 2. The van der Waals surface area contributed by atoms with Crippen LogP contribution in [0.4, 0.5) is 11.4 Å². The maximum atomic E-state index is 5.88. The highest BCUT2D eigenvalue weighted by Crippen LogP contribution is 2.25. The minimum atomic E-state index is 0.631. The first-order chi connectivity index (χ1) is 7.27. The molecule has 0 saturated carbocycles. The molecule has 1 saturated heterocycles. The number of nitrogens with two attached hydrogens (primary N) is 1. The van der Waals surface area contributed by atoms with Crippen molar-refractivity contribution >= 4 is 23.1 Å². The third-order valence-electron chi connectivity index (χ3n) is 2.96. The van der Waals surface area contributed by atoms with Crippen molar-refractivity contribution < 1.29 is 0 Å². The standard InChI is InChI=1S/C12H18N2S/c1-9-11(13)3-2-4-12(9)14-10-5-7-15-8-6-10/h2-4,10,14H,5-8,13H2,1H3. The topological polar surface area (TPSA) is 38.0 Å². The quantitative estimate of drug-likeness (QED) is 0.756. The summed E-state index contributed by atoms with van der Waals surface area (Å²) in [4.78, 5) is 0. The van der Waals surface area contributed by atoms with Crippen molar-refractivity contribution in [2.45, 2.75) is 25.8 Å². The minimum Gasteiger partial charge on any atom is -0.398 e. The highest BCUT2D eigenvalue weighted by atomic mass is 32.2. The van der Waals surface area contributed by atoms with Crippen molar-refractivity contribution in [1.82, 2.24) is 0 Å². The summed E-state index contributed by atoms with van der Waals surface area (Å²) in [5, 5.41) is 3.60. The van der Waals surface area contributed by atoms with Gasteiger partial charge in [-0.25, -0.2) is 0 Å². The van der Waals surface area contributed by atoms with E-state index >= 15 is 0 Å². The molecule has 2 nitrogen and oxygen atoms in total. The second kappa shape index (κ2) is 4.79. The van der Waals surface area contributed by atoms with E-state index in [-0.39, 0.29) is 0 Å². The van der Waals surface area contributed by atoms with Crippen LogP contribution in [0.15, 0.2) is 18.2 Å². The molecule has 0 unspecified atom stereocenters. The molecular weight excluding hydrogens is 204 g/mol. The van der Waals surface area contributed by atoms with Crippen molar-refractivity contribution in [2.24, 2.45) is 0 Å². The van der Waals surface area contributed by atoms with Crippen molar-refractivity contribution in [1.29, 1.82) is 0 Å². The number of thioether (sulfide) groups is 1. The van der Waals surface area contributed by atoms with Crippen molar-refractivity contribution in [3.05, 3.63) is 23.8 Å². The molecule has 3 N–H and O–H groups in total. The average molecular weight is 222 g/mol. The first-order valence-corrected chi connectivity index (χ1v) is 6.62. The molecule has 1 aromatic rings. The molecule has 0 amide bonds. The maximum absolute atomic E-state index is 5.88. The normalized spacial score (nSPS) is 17.7. The van der Waals surface area contributed by atoms with E-state index in [2.05, 4.69) is 30.1 Å². The Labute approximate surface area is 95.6 Å². The lowest BCUT2D eigenvalue weighted by molar-refractivity contribution is 0.666. The highest BCUT2D eigenvalue weighted by molar-refractivity contribution is 7.99. The second-order valence-corrected chi connectivity index (χ2v) is 5.28. The average Bonchev–Trinajstić information content (AvgIpc) is 2.26. The summed E-state index contributed by atoms with van der Waals surface area (Å²) >= 11 is 2.05. The Morgan fingerprint density at radius 2 is 2.07 bits per heavy atom. The molecule has 0 spiro atoms. The maximum Gasteiger partial charge on any atom is 0.0392 e. The van der Waals surface area contributed by atoms with E-state index < -0.39 is 0 Å². The Bertz CT molecular complexity index is 332. The lowest BCUT2D eigenvalue weighted by atomic mass is 10.1. The summed E-state index contributed by atoms with van der Waals surface area (Å²) in [5.74, 6) is 2.55. The first kappa shape index (κ1) is 10.7. The summed E-state index contributed by atoms with van der Waals surface area (Å²) in [5.41, 5.74) is 9.14. The summed E-state index contributed by atoms with van der Waals surface area (Å²) in [6.07, 6.45) is 2.53. The van der Waals surface area contributed by atoms with Gasteiger partial charge in [0.2, 0.25) is 0 Å². The van der Waals surface area contributed by atoms with Crippen molar-refractivity contribution in [3.63, 3.8) is 0 Å². The number of hydrogen-bond donors (Lipinski definition) is 2. The van der Waals surface area contributed by atoms with Crippen molar-refractivity contribution in [3.8, 4) is 0 Å². The van der Waals surface area contributed by atoms with Crippen LogP contribution in [0.3, 0.4) is 0 Å². The van der Waals surface area contributed by atoms with E-state index in [1.807, 2.05) is 12.1 Å². The number of benzene rings is 1. The van der Waals surface area contributed by atoms with E-state index in [0.29, 0.717) is 6.04 Å². The molecule has 82 valence electrons. The molecule has 3 heteroatoms. The minimum absolute atomic E-state index is 0.631. The molecular formula is C12H18N2S. The monoisotopic (exact) mass is 222 g/mol. The van der Waals surface area contributed by atoms with Crippen LogP contribution in [0.25, 0.3) is 0 Å². The van der Waals surface area contributed by atoms with Gasteiger partial charge in [-0.15, -0.1) is 0 Å². The molecule has 0 aliphatic carbocycles. The Morgan fingerprint density at radius 1 is 1.33 bits per heavy atom. The fraction of sp³-hybridized carbons (Fsp3) is 0.500. The van der Waals surface area contributed by atoms with Crippen LogP contribution in [0.5, 0.6) is 0 Å². The largest absolute Gasteiger partial charge is 0.398 e. The van der Waals surface area contributed by atoms with Gasteiger partial charge >= 0.3 is 0 Å². The zero-order valence-electron chi connectivity index (χ0n) is 9.12. The molecule has 1 aliphatic rings. The van der Waals surface area contributed by atoms with Gasteiger partial charge in [-0.05, 0) is 49.0 Å². The first-order valence-electron chi connectivity index (χ1n) is 5.47. The SMILES string of the molecule is Cc1c(N)cccc1NC1CCSCC1. The lowest BCUT2D eigenvalue weighted by Crippen LogP contribution is -2.24. The van der Waals surface area contributed by atoms with E-state index in [9.17, 15) is 0 Å². The Morgan fingerprint density at radius 3 is 2.80 bits per heavy atom. The van der Waals surface area contributed by atoms with Gasteiger partial charge in [0.05, 0.1) is 0 Å². The number of hydrogen-bond acceptors (Lipinski definition) is 3. The molecule has 15 heavy (non-hydrogen) atoms. The highest BCUT2D eigenvalue weighted by Gasteiger charge is 2.14. The van der Waals surface area contributed by atoms with Gasteiger partial charge in [-0.1, -0.05) is 6.07 Å². The van der Waals surface area contributed by atoms with Gasteiger partial charge in [0, 0.05) is 17.4 Å². The van der Waals surface area contributed by atoms with Crippen LogP contribution in [-0.2, 0) is 0 Å². The second-order valence-electron chi connectivity index (χ2n) is 4.05. The van der Waals surface area contributed by atoms with Gasteiger partial charge in [-0.2, -0.15) is 11.8 Å². The van der Waals surface area contributed by atoms with Crippen LogP contribution in [-0.4, -0.2) is 17.5 Å². The van der Waals surface area contributed by atoms with Gasteiger partial charge in [0.15, 0.2) is 0 Å². The molecule has 0 radical (unpaired) electrons. The molecule has 0 bridgehead atoms. The number of nitrogens with one attached hydrogen (secondary N) is 1. The van der Waals surface area contributed by atoms with Gasteiger partial charge in [0.25, 0.3) is 0 Å². The van der Waals surface area contributed by atoms with Gasteiger partial charge < -0.3 is 11.1 Å². The van der Waals surface area contributed by atoms with E-state index in [0.717, 1.165) is 5.69 Å². The Hall–Kier alpha value is -0.830. The van der Waals surface area contributed by atoms with Crippen LogP contribution < -0.4 is 11.1 Å². The summed E-state index contributed by atoms with van der Waals surface area (Å²) in [7, 11) is 0. The van der Waals surface area contributed by atoms with Gasteiger partial charge in [-0.3, -0.25) is 0 Å².